The average Bonchev–Trinajstić information content (AvgIpc) is 3.31. The molecule has 1 N–H and O–H groups in total. The first-order valence-corrected chi connectivity index (χ1v) is 14.2. The molecule has 1 aromatic heterocycles. The number of aromatic nitrogens is 2. The Kier molecular flexibility index (Phi) is 8.92. The maximum Gasteiger partial charge on any atom is 0.240 e. The van der Waals surface area contributed by atoms with E-state index in [2.05, 4.69) is 47.4 Å². The number of hydrogen-bond acceptors (Lipinski definition) is 4. The van der Waals surface area contributed by atoms with Crippen molar-refractivity contribution in [2.24, 2.45) is 5.92 Å². The lowest BCUT2D eigenvalue weighted by Gasteiger charge is -2.20. The van der Waals surface area contributed by atoms with Gasteiger partial charge in [0.05, 0.1) is 29.2 Å². The SMILES string of the molecule is CCOC[C@H](CC(C)C)NS(=O)(=O)c1ccc(Cn2cnc(-c3ccccc3)c2-c2ccccc2)cc1. The van der Waals surface area contributed by atoms with Crippen LogP contribution >= 0.6 is 0 Å². The molecule has 0 fully saturated rings. The summed E-state index contributed by atoms with van der Waals surface area (Å²) < 4.78 is 36.6. The van der Waals surface area contributed by atoms with Gasteiger partial charge in [0.15, 0.2) is 0 Å². The fourth-order valence-corrected chi connectivity index (χ4v) is 5.68. The molecule has 0 aliphatic rings. The van der Waals surface area contributed by atoms with E-state index in [1.54, 1.807) is 12.1 Å². The fraction of sp³-hybridized carbons (Fsp3) is 0.300. The Bertz CT molecular complexity index is 1370. The fourth-order valence-electron chi connectivity index (χ4n) is 4.45. The van der Waals surface area contributed by atoms with E-state index in [4.69, 9.17) is 9.72 Å². The van der Waals surface area contributed by atoms with Crippen LogP contribution in [-0.4, -0.2) is 37.2 Å². The second kappa shape index (κ2) is 12.3. The van der Waals surface area contributed by atoms with Gasteiger partial charge in [0.1, 0.15) is 0 Å². The maximum atomic E-state index is 13.1. The van der Waals surface area contributed by atoms with Gasteiger partial charge < -0.3 is 9.30 Å². The van der Waals surface area contributed by atoms with E-state index >= 15 is 0 Å². The average molecular weight is 518 g/mol. The zero-order valence-corrected chi connectivity index (χ0v) is 22.5. The third-order valence-electron chi connectivity index (χ3n) is 6.12. The van der Waals surface area contributed by atoms with Crippen molar-refractivity contribution in [3.63, 3.8) is 0 Å². The summed E-state index contributed by atoms with van der Waals surface area (Å²) in [6, 6.07) is 27.1. The van der Waals surface area contributed by atoms with Crippen LogP contribution in [-0.2, 0) is 21.3 Å². The first kappa shape index (κ1) is 26.8. The minimum atomic E-state index is -3.66. The third kappa shape index (κ3) is 6.95. The molecule has 0 unspecified atom stereocenters. The summed E-state index contributed by atoms with van der Waals surface area (Å²) in [4.78, 5) is 4.99. The number of benzene rings is 3. The van der Waals surface area contributed by atoms with Crippen LogP contribution in [0.25, 0.3) is 22.5 Å². The summed E-state index contributed by atoms with van der Waals surface area (Å²) in [5.41, 5.74) is 5.06. The van der Waals surface area contributed by atoms with E-state index in [1.807, 2.05) is 61.8 Å². The largest absolute Gasteiger partial charge is 0.380 e. The van der Waals surface area contributed by atoms with Gasteiger partial charge in [0, 0.05) is 30.3 Å². The van der Waals surface area contributed by atoms with Crippen molar-refractivity contribution in [1.82, 2.24) is 14.3 Å². The Hall–Kier alpha value is -3.26. The van der Waals surface area contributed by atoms with Crippen molar-refractivity contribution >= 4 is 10.0 Å². The van der Waals surface area contributed by atoms with E-state index in [0.717, 1.165) is 28.1 Å². The lowest BCUT2D eigenvalue weighted by Crippen LogP contribution is -2.39. The number of nitrogens with one attached hydrogen (secondary N) is 1. The number of sulfonamides is 1. The molecule has 0 radical (unpaired) electrons. The highest BCUT2D eigenvalue weighted by Crippen LogP contribution is 2.31. The molecule has 0 amide bonds. The molecule has 37 heavy (non-hydrogen) atoms. The monoisotopic (exact) mass is 517 g/mol. The molecular formula is C30H35N3O3S. The van der Waals surface area contributed by atoms with Gasteiger partial charge in [-0.25, -0.2) is 18.1 Å². The smallest absolute Gasteiger partial charge is 0.240 e. The van der Waals surface area contributed by atoms with Crippen LogP contribution in [0.2, 0.25) is 0 Å². The summed E-state index contributed by atoms with van der Waals surface area (Å²) in [6.45, 7) is 7.54. The highest BCUT2D eigenvalue weighted by atomic mass is 32.2. The maximum absolute atomic E-state index is 13.1. The quantitative estimate of drug-likeness (QED) is 0.250. The summed E-state index contributed by atoms with van der Waals surface area (Å²) in [5, 5.41) is 0. The molecule has 1 atom stereocenters. The number of hydrogen-bond donors (Lipinski definition) is 1. The summed E-state index contributed by atoms with van der Waals surface area (Å²) in [6.07, 6.45) is 2.56. The Balaban J connectivity index is 1.57. The van der Waals surface area contributed by atoms with Crippen LogP contribution < -0.4 is 4.72 Å². The van der Waals surface area contributed by atoms with Crippen molar-refractivity contribution in [3.05, 3.63) is 96.8 Å². The Morgan fingerprint density at radius 3 is 2.11 bits per heavy atom. The third-order valence-corrected chi connectivity index (χ3v) is 7.66. The first-order chi connectivity index (χ1) is 17.9. The van der Waals surface area contributed by atoms with E-state index < -0.39 is 10.0 Å². The molecule has 0 saturated carbocycles. The molecule has 0 saturated heterocycles. The summed E-state index contributed by atoms with van der Waals surface area (Å²) in [5.74, 6) is 0.352. The molecular weight excluding hydrogens is 482 g/mol. The van der Waals surface area contributed by atoms with Crippen LogP contribution in [0, 0.1) is 5.92 Å². The number of nitrogens with zero attached hydrogens (tertiary/aromatic N) is 2. The van der Waals surface area contributed by atoms with Crippen molar-refractivity contribution in [2.75, 3.05) is 13.2 Å². The predicted octanol–water partition coefficient (Wildman–Crippen LogP) is 5.99. The van der Waals surface area contributed by atoms with E-state index in [-0.39, 0.29) is 10.9 Å². The van der Waals surface area contributed by atoms with Crippen molar-refractivity contribution in [3.8, 4) is 22.5 Å². The molecule has 194 valence electrons. The van der Waals surface area contributed by atoms with Gasteiger partial charge in [-0.3, -0.25) is 0 Å². The molecule has 4 aromatic rings. The highest BCUT2D eigenvalue weighted by Gasteiger charge is 2.21. The highest BCUT2D eigenvalue weighted by molar-refractivity contribution is 7.89. The van der Waals surface area contributed by atoms with Crippen LogP contribution in [0.3, 0.4) is 0 Å². The standard InChI is InChI=1S/C30H35N3O3S/c1-4-36-21-27(19-23(2)3)32-37(34,35)28-17-15-24(16-18-28)20-33-22-31-29(25-11-7-5-8-12-25)30(33)26-13-9-6-10-14-26/h5-18,22-23,27,32H,4,19-21H2,1-3H3/t27-/m0/s1. The van der Waals surface area contributed by atoms with Gasteiger partial charge >= 0.3 is 0 Å². The molecule has 0 spiro atoms. The zero-order chi connectivity index (χ0) is 26.3. The second-order valence-corrected chi connectivity index (χ2v) is 11.3. The minimum Gasteiger partial charge on any atom is -0.380 e. The molecule has 0 bridgehead atoms. The summed E-state index contributed by atoms with van der Waals surface area (Å²) >= 11 is 0. The Morgan fingerprint density at radius 1 is 0.892 bits per heavy atom. The van der Waals surface area contributed by atoms with Gasteiger partial charge in [0.2, 0.25) is 10.0 Å². The molecule has 7 heteroatoms. The molecule has 0 aliphatic heterocycles. The van der Waals surface area contributed by atoms with Crippen LogP contribution in [0.1, 0.15) is 32.8 Å². The van der Waals surface area contributed by atoms with Crippen molar-refractivity contribution < 1.29 is 13.2 Å². The van der Waals surface area contributed by atoms with Crippen LogP contribution in [0.4, 0.5) is 0 Å². The Labute approximate surface area is 220 Å². The number of imidazole rings is 1. The van der Waals surface area contributed by atoms with Crippen LogP contribution in [0.5, 0.6) is 0 Å². The van der Waals surface area contributed by atoms with Crippen molar-refractivity contribution in [1.29, 1.82) is 0 Å². The summed E-state index contributed by atoms with van der Waals surface area (Å²) in [7, 11) is -3.66. The number of rotatable bonds is 12. The topological polar surface area (TPSA) is 73.2 Å². The molecule has 6 nitrogen and oxygen atoms in total. The zero-order valence-electron chi connectivity index (χ0n) is 21.7. The van der Waals surface area contributed by atoms with E-state index in [9.17, 15) is 8.42 Å². The lowest BCUT2D eigenvalue weighted by atomic mass is 10.0. The second-order valence-electron chi connectivity index (χ2n) is 9.55. The predicted molar refractivity (Wildman–Crippen MR) is 149 cm³/mol. The first-order valence-electron chi connectivity index (χ1n) is 12.7. The van der Waals surface area contributed by atoms with Gasteiger partial charge in [-0.2, -0.15) is 0 Å². The van der Waals surface area contributed by atoms with Gasteiger partial charge in [-0.1, -0.05) is 86.6 Å². The van der Waals surface area contributed by atoms with Gasteiger partial charge in [-0.15, -0.1) is 0 Å². The normalized spacial score (nSPS) is 12.6. The molecule has 4 rings (SSSR count). The molecule has 0 aliphatic carbocycles. The van der Waals surface area contributed by atoms with Gasteiger partial charge in [0.25, 0.3) is 0 Å². The van der Waals surface area contributed by atoms with E-state index in [0.29, 0.717) is 32.1 Å². The molecule has 3 aromatic carbocycles. The van der Waals surface area contributed by atoms with Crippen molar-refractivity contribution in [2.45, 2.75) is 44.7 Å². The van der Waals surface area contributed by atoms with E-state index in [1.165, 1.54) is 0 Å². The Morgan fingerprint density at radius 2 is 1.51 bits per heavy atom. The van der Waals surface area contributed by atoms with Crippen LogP contribution in [0.15, 0.2) is 96.2 Å². The lowest BCUT2D eigenvalue weighted by molar-refractivity contribution is 0.122. The minimum absolute atomic E-state index is 0.250. The number of ether oxygens (including phenoxy) is 1. The molecule has 1 heterocycles. The van der Waals surface area contributed by atoms with Gasteiger partial charge in [-0.05, 0) is 37.0 Å².